The van der Waals surface area contributed by atoms with Crippen molar-refractivity contribution in [1.82, 2.24) is 0 Å². The minimum Gasteiger partial charge on any atom is -0.450 e. The van der Waals surface area contributed by atoms with Crippen molar-refractivity contribution >= 4 is 34.9 Å². The van der Waals surface area contributed by atoms with Crippen molar-refractivity contribution in [2.24, 2.45) is 52.3 Å². The van der Waals surface area contributed by atoms with Crippen molar-refractivity contribution in [3.63, 3.8) is 0 Å². The van der Waals surface area contributed by atoms with Crippen LogP contribution in [-0.4, -0.2) is 51.3 Å². The highest BCUT2D eigenvalue weighted by Gasteiger charge is 2.70. The summed E-state index contributed by atoms with van der Waals surface area (Å²) >= 11 is 6.95. The highest BCUT2D eigenvalue weighted by molar-refractivity contribution is 6.32. The van der Waals surface area contributed by atoms with E-state index in [4.69, 9.17) is 16.3 Å². The van der Waals surface area contributed by atoms with Gasteiger partial charge in [-0.25, -0.2) is 0 Å². The molecule has 51 heavy (non-hydrogen) atoms. The van der Waals surface area contributed by atoms with Crippen molar-refractivity contribution in [1.29, 1.82) is 0 Å². The van der Waals surface area contributed by atoms with Gasteiger partial charge in [-0.3, -0.25) is 19.2 Å². The van der Waals surface area contributed by atoms with Gasteiger partial charge in [0.1, 0.15) is 5.78 Å². The largest absolute Gasteiger partial charge is 0.450 e. The first kappa shape index (κ1) is 38.6. The molecule has 0 aromatic rings. The quantitative estimate of drug-likeness (QED) is 0.0933. The van der Waals surface area contributed by atoms with Crippen LogP contribution in [0.25, 0.3) is 0 Å². The first-order valence-corrected chi connectivity index (χ1v) is 20.6. The van der Waals surface area contributed by atoms with E-state index in [0.29, 0.717) is 36.1 Å². The Morgan fingerprint density at radius 1 is 1.02 bits per heavy atom. The number of carbonyl (C=O) groups is 4. The van der Waals surface area contributed by atoms with Crippen molar-refractivity contribution in [3.05, 3.63) is 34.9 Å². The van der Waals surface area contributed by atoms with E-state index in [2.05, 4.69) is 26.8 Å². The summed E-state index contributed by atoms with van der Waals surface area (Å²) in [7, 11) is 0. The second kappa shape index (κ2) is 15.3. The van der Waals surface area contributed by atoms with Gasteiger partial charge in [0.15, 0.2) is 17.2 Å². The topological polar surface area (TPSA) is 118 Å². The van der Waals surface area contributed by atoms with E-state index in [0.717, 1.165) is 82.6 Å². The number of Topliss-reactive ketones (excluding diaryl/α,β-unsaturated/α-hetero) is 2. The number of ketones is 3. The molecule has 4 saturated carbocycles. The second-order valence-electron chi connectivity index (χ2n) is 17.5. The Kier molecular flexibility index (Phi) is 11.6. The standard InChI is InChI=1S/C43H61ClO7/c1-5-6-10-13-27(46)16-17-29-28(38(48)25-39(29)49)14-11-8-7-9-12-15-40(50)51-43(26(2)45)21-19-32-30-23-36(44)35-24-37(47)31-22-34(31)42(35,4)33(30)18-20-41(32,43)3/h16-17,23-24,27-34,39,46,49H,5-15,18-22,25H2,1-4H3/t27?,28-,29?,30?,31?,32?,33?,34+,39?,41?,42?,43?/m1/s1. The number of carbonyl (C=O) groups excluding carboxylic acids is 4. The first-order valence-electron chi connectivity index (χ1n) is 20.2. The minimum atomic E-state index is -1.13. The summed E-state index contributed by atoms with van der Waals surface area (Å²) in [5.41, 5.74) is -0.717. The van der Waals surface area contributed by atoms with Crippen molar-refractivity contribution in [3.8, 4) is 0 Å². The molecule has 4 fully saturated rings. The third-order valence-electron chi connectivity index (χ3n) is 14.8. The molecule has 6 aliphatic carbocycles. The summed E-state index contributed by atoms with van der Waals surface area (Å²) in [4.78, 5) is 52.2. The Balaban J connectivity index is 0.982. The molecule has 6 aliphatic rings. The Labute approximate surface area is 310 Å². The van der Waals surface area contributed by atoms with Crippen LogP contribution in [0, 0.1) is 52.3 Å². The summed E-state index contributed by atoms with van der Waals surface area (Å²) in [6.07, 6.45) is 19.7. The van der Waals surface area contributed by atoms with Crippen LogP contribution >= 0.6 is 11.6 Å². The number of halogens is 1. The molecule has 0 heterocycles. The van der Waals surface area contributed by atoms with Gasteiger partial charge in [-0.15, -0.1) is 0 Å². The number of fused-ring (bicyclic) bond motifs is 7. The monoisotopic (exact) mass is 724 g/mol. The molecule has 0 bridgehead atoms. The predicted octanol–water partition coefficient (Wildman–Crippen LogP) is 8.38. The zero-order chi connectivity index (χ0) is 36.7. The lowest BCUT2D eigenvalue weighted by molar-refractivity contribution is -0.187. The molecule has 0 amide bonds. The normalized spacial score (nSPS) is 40.2. The highest BCUT2D eigenvalue weighted by Crippen LogP contribution is 2.72. The molecule has 8 heteroatoms. The van der Waals surface area contributed by atoms with Crippen LogP contribution < -0.4 is 0 Å². The van der Waals surface area contributed by atoms with Crippen LogP contribution in [0.4, 0.5) is 0 Å². The number of hydrogen-bond donors (Lipinski definition) is 2. The summed E-state index contributed by atoms with van der Waals surface area (Å²) < 4.78 is 6.33. The van der Waals surface area contributed by atoms with Gasteiger partial charge in [-0.2, -0.15) is 0 Å². The zero-order valence-electron chi connectivity index (χ0n) is 31.3. The number of allylic oxidation sites excluding steroid dienone is 4. The molecular formula is C43H61ClO7. The molecule has 7 nitrogen and oxygen atoms in total. The summed E-state index contributed by atoms with van der Waals surface area (Å²) in [5.74, 6) is 0.714. The zero-order valence-corrected chi connectivity index (χ0v) is 32.1. The van der Waals surface area contributed by atoms with Gasteiger partial charge in [-0.1, -0.05) is 95.5 Å². The molecule has 6 rings (SSSR count). The van der Waals surface area contributed by atoms with Crippen LogP contribution in [0.1, 0.15) is 137 Å². The smallest absolute Gasteiger partial charge is 0.306 e. The average Bonchev–Trinajstić information content (AvgIpc) is 3.78. The van der Waals surface area contributed by atoms with Gasteiger partial charge in [0.2, 0.25) is 0 Å². The van der Waals surface area contributed by atoms with Crippen molar-refractivity contribution in [2.45, 2.75) is 155 Å². The van der Waals surface area contributed by atoms with Crippen molar-refractivity contribution in [2.75, 3.05) is 0 Å². The van der Waals surface area contributed by atoms with Crippen LogP contribution in [0.3, 0.4) is 0 Å². The maximum atomic E-state index is 13.5. The van der Waals surface area contributed by atoms with E-state index in [1.807, 2.05) is 12.2 Å². The fourth-order valence-electron chi connectivity index (χ4n) is 11.7. The highest BCUT2D eigenvalue weighted by atomic mass is 35.5. The average molecular weight is 725 g/mol. The fraction of sp³-hybridized carbons (Fsp3) is 0.767. The molecule has 12 atom stereocenters. The van der Waals surface area contributed by atoms with Gasteiger partial charge in [0.25, 0.3) is 0 Å². The van der Waals surface area contributed by atoms with Crippen molar-refractivity contribution < 1.29 is 34.1 Å². The Hall–Kier alpha value is -2.09. The fourth-order valence-corrected chi connectivity index (χ4v) is 12.1. The molecule has 0 aromatic carbocycles. The third-order valence-corrected chi connectivity index (χ3v) is 15.1. The summed E-state index contributed by atoms with van der Waals surface area (Å²) in [5, 5.41) is 21.5. The molecule has 2 N–H and O–H groups in total. The van der Waals surface area contributed by atoms with Gasteiger partial charge in [-0.05, 0) is 93.6 Å². The number of hydrogen-bond acceptors (Lipinski definition) is 7. The molecule has 10 unspecified atom stereocenters. The van der Waals surface area contributed by atoms with Gasteiger partial charge in [0, 0.05) is 46.5 Å². The Bertz CT molecular complexity index is 1460. The number of rotatable bonds is 16. The maximum absolute atomic E-state index is 13.5. The summed E-state index contributed by atoms with van der Waals surface area (Å²) in [6.45, 7) is 8.20. The van der Waals surface area contributed by atoms with E-state index >= 15 is 0 Å². The molecule has 282 valence electrons. The van der Waals surface area contributed by atoms with Gasteiger partial charge < -0.3 is 14.9 Å². The summed E-state index contributed by atoms with van der Waals surface area (Å²) in [6, 6.07) is 0. The predicted molar refractivity (Wildman–Crippen MR) is 197 cm³/mol. The lowest BCUT2D eigenvalue weighted by atomic mass is 9.47. The van der Waals surface area contributed by atoms with E-state index in [1.54, 1.807) is 13.0 Å². The Morgan fingerprint density at radius 3 is 2.49 bits per heavy atom. The molecule has 0 aromatic heterocycles. The SMILES string of the molecule is CCCCCC(O)C=CC1C(O)CC(=O)[C@@H]1CCCCCCCC(=O)OC1(C(C)=O)CCC2C3C=C(Cl)C4=CC(=O)C5C[C@@H]5C4(C)C3CCC21C. The number of aliphatic hydroxyl groups is 2. The molecule has 0 aliphatic heterocycles. The number of esters is 1. The van der Waals surface area contributed by atoms with Gasteiger partial charge >= 0.3 is 5.97 Å². The lowest BCUT2D eigenvalue weighted by Gasteiger charge is -2.57. The number of ether oxygens (including phenoxy) is 1. The Morgan fingerprint density at radius 2 is 1.75 bits per heavy atom. The minimum absolute atomic E-state index is 0.0618. The maximum Gasteiger partial charge on any atom is 0.306 e. The van der Waals surface area contributed by atoms with Crippen LogP contribution in [0.15, 0.2) is 34.9 Å². The van der Waals surface area contributed by atoms with E-state index in [9.17, 15) is 29.4 Å². The van der Waals surface area contributed by atoms with E-state index in [1.165, 1.54) is 0 Å². The first-order chi connectivity index (χ1) is 24.3. The van der Waals surface area contributed by atoms with E-state index in [-0.39, 0.29) is 71.2 Å². The van der Waals surface area contributed by atoms with Crippen LogP contribution in [0.5, 0.6) is 0 Å². The molecular weight excluding hydrogens is 664 g/mol. The van der Waals surface area contributed by atoms with Gasteiger partial charge in [0.05, 0.1) is 12.2 Å². The number of unbranched alkanes of at least 4 members (excludes halogenated alkanes) is 6. The van der Waals surface area contributed by atoms with E-state index < -0.39 is 23.2 Å². The van der Waals surface area contributed by atoms with Crippen LogP contribution in [-0.2, 0) is 23.9 Å². The molecule has 0 radical (unpaired) electrons. The third kappa shape index (κ3) is 7.02. The second-order valence-corrected chi connectivity index (χ2v) is 17.9. The lowest BCUT2D eigenvalue weighted by Crippen LogP contribution is -2.58. The number of aliphatic hydroxyl groups excluding tert-OH is 2. The molecule has 0 spiro atoms. The molecule has 0 saturated heterocycles. The van der Waals surface area contributed by atoms with Crippen LogP contribution in [0.2, 0.25) is 0 Å².